The molecule has 6 heteroatoms. The molecule has 0 aromatic carbocycles. The number of halogens is 1. The molecule has 1 aliphatic rings. The molecule has 1 fully saturated rings. The minimum Gasteiger partial charge on any atom is -0.461 e. The van der Waals surface area contributed by atoms with E-state index >= 15 is 0 Å². The van der Waals surface area contributed by atoms with E-state index in [1.807, 2.05) is 13.8 Å². The van der Waals surface area contributed by atoms with Crippen LogP contribution >= 0.6 is 15.9 Å². The first-order valence-electron chi connectivity index (χ1n) is 8.52. The lowest BCUT2D eigenvalue weighted by Crippen LogP contribution is -2.35. The molecule has 0 saturated carbocycles. The molecule has 1 N–H and O–H groups in total. The number of carbonyl (C=O) groups excluding carboxylic acids is 1. The summed E-state index contributed by atoms with van der Waals surface area (Å²) in [6.07, 6.45) is 0.595. The lowest BCUT2D eigenvalue weighted by atomic mass is 9.96. The van der Waals surface area contributed by atoms with Gasteiger partial charge in [-0.3, -0.25) is 4.98 Å². The van der Waals surface area contributed by atoms with Crippen LogP contribution in [0.15, 0.2) is 4.47 Å². The van der Waals surface area contributed by atoms with E-state index in [-0.39, 0.29) is 6.10 Å². The van der Waals surface area contributed by atoms with Crippen LogP contribution in [0.25, 0.3) is 0 Å². The Balaban J connectivity index is 2.46. The average molecular weight is 399 g/mol. The van der Waals surface area contributed by atoms with Crippen LogP contribution in [0, 0.1) is 19.8 Å². The zero-order valence-electron chi connectivity index (χ0n) is 15.1. The van der Waals surface area contributed by atoms with Gasteiger partial charge in [0.15, 0.2) is 6.10 Å². The number of ether oxygens (including phenoxy) is 1. The molecule has 1 saturated heterocycles. The van der Waals surface area contributed by atoms with Gasteiger partial charge >= 0.3 is 5.97 Å². The fourth-order valence-corrected chi connectivity index (χ4v) is 3.66. The van der Waals surface area contributed by atoms with Crippen LogP contribution in [0.2, 0.25) is 0 Å². The quantitative estimate of drug-likeness (QED) is 0.783. The number of pyridine rings is 1. The summed E-state index contributed by atoms with van der Waals surface area (Å²) in [7, 11) is 0. The topological polar surface area (TPSA) is 62.7 Å². The van der Waals surface area contributed by atoms with Gasteiger partial charge in [0.2, 0.25) is 0 Å². The van der Waals surface area contributed by atoms with E-state index in [0.29, 0.717) is 17.2 Å². The summed E-state index contributed by atoms with van der Waals surface area (Å²) in [5.74, 6) is 0.0700. The van der Waals surface area contributed by atoms with E-state index < -0.39 is 12.1 Å². The van der Waals surface area contributed by atoms with Gasteiger partial charge in [-0.05, 0) is 62.4 Å². The van der Waals surface area contributed by atoms with Crippen LogP contribution in [0.4, 0.5) is 5.69 Å². The third kappa shape index (κ3) is 4.09. The zero-order chi connectivity index (χ0) is 18.0. The number of piperidine rings is 1. The second kappa shape index (κ2) is 7.83. The molecule has 0 aliphatic carbocycles. The first-order chi connectivity index (χ1) is 11.2. The molecule has 24 heavy (non-hydrogen) atoms. The fourth-order valence-electron chi connectivity index (χ4n) is 3.11. The van der Waals surface area contributed by atoms with Crippen molar-refractivity contribution in [1.82, 2.24) is 4.98 Å². The molecule has 1 aromatic heterocycles. The molecule has 2 rings (SSSR count). The maximum absolute atomic E-state index is 12.3. The van der Waals surface area contributed by atoms with Gasteiger partial charge in [0.1, 0.15) is 0 Å². The summed E-state index contributed by atoms with van der Waals surface area (Å²) >= 11 is 3.62. The Bertz CT molecular complexity index is 611. The fraction of sp³-hybridized carbons (Fsp3) is 0.667. The SMILES string of the molecule is Cc1nc(C)c(C(O)C(=O)OC(C)C)c(N2CCC(C)CC2)c1Br. The monoisotopic (exact) mass is 398 g/mol. The second-order valence-corrected chi connectivity index (χ2v) is 7.71. The van der Waals surface area contributed by atoms with Gasteiger partial charge < -0.3 is 14.7 Å². The highest BCUT2D eigenvalue weighted by Crippen LogP contribution is 2.39. The van der Waals surface area contributed by atoms with Gasteiger partial charge in [-0.15, -0.1) is 0 Å². The Labute approximate surface area is 152 Å². The molecule has 0 radical (unpaired) electrons. The van der Waals surface area contributed by atoms with E-state index in [9.17, 15) is 9.90 Å². The third-order valence-corrected chi connectivity index (χ3v) is 5.40. The number of esters is 1. The van der Waals surface area contributed by atoms with Crippen molar-refractivity contribution in [3.8, 4) is 0 Å². The number of aliphatic hydroxyl groups is 1. The molecule has 134 valence electrons. The number of anilines is 1. The van der Waals surface area contributed by atoms with Crippen molar-refractivity contribution in [1.29, 1.82) is 0 Å². The first kappa shape index (κ1) is 19.2. The second-order valence-electron chi connectivity index (χ2n) is 6.92. The van der Waals surface area contributed by atoms with Crippen molar-refractivity contribution in [2.75, 3.05) is 18.0 Å². The highest BCUT2D eigenvalue weighted by molar-refractivity contribution is 9.10. The molecule has 2 heterocycles. The molecule has 0 bridgehead atoms. The summed E-state index contributed by atoms with van der Waals surface area (Å²) in [6.45, 7) is 11.4. The number of hydrogen-bond acceptors (Lipinski definition) is 5. The van der Waals surface area contributed by atoms with Crippen LogP contribution in [0.1, 0.15) is 56.7 Å². The zero-order valence-corrected chi connectivity index (χ0v) is 16.7. The number of aliphatic hydroxyl groups excluding tert-OH is 1. The normalized spacial score (nSPS) is 17.2. The van der Waals surface area contributed by atoms with Crippen LogP contribution in [-0.4, -0.2) is 35.3 Å². The number of aryl methyl sites for hydroxylation is 2. The Hall–Kier alpha value is -1.14. The molecule has 0 amide bonds. The molecule has 5 nitrogen and oxygen atoms in total. The number of nitrogens with zero attached hydrogens (tertiary/aromatic N) is 2. The van der Waals surface area contributed by atoms with Crippen molar-refractivity contribution < 1.29 is 14.6 Å². The number of hydrogen-bond donors (Lipinski definition) is 1. The van der Waals surface area contributed by atoms with Crippen molar-refractivity contribution in [3.05, 3.63) is 21.4 Å². The van der Waals surface area contributed by atoms with Gasteiger partial charge in [-0.25, -0.2) is 4.79 Å². The van der Waals surface area contributed by atoms with Gasteiger partial charge in [0, 0.05) is 24.3 Å². The van der Waals surface area contributed by atoms with Crippen molar-refractivity contribution in [2.24, 2.45) is 5.92 Å². The number of rotatable bonds is 4. The average Bonchev–Trinajstić information content (AvgIpc) is 2.50. The molecular weight excluding hydrogens is 372 g/mol. The third-order valence-electron chi connectivity index (χ3n) is 4.45. The lowest BCUT2D eigenvalue weighted by Gasteiger charge is -2.35. The molecular formula is C18H27BrN2O3. The number of aromatic nitrogens is 1. The minimum absolute atomic E-state index is 0.270. The predicted octanol–water partition coefficient (Wildman–Crippen LogP) is 3.68. The van der Waals surface area contributed by atoms with Crippen LogP contribution in [-0.2, 0) is 9.53 Å². The first-order valence-corrected chi connectivity index (χ1v) is 9.31. The number of carbonyl (C=O) groups is 1. The standard InChI is InChI=1S/C18H27BrN2O3/c1-10(2)24-18(23)17(22)14-12(4)20-13(5)15(19)16(14)21-8-6-11(3)7-9-21/h10-11,17,22H,6-9H2,1-5H3. The smallest absolute Gasteiger partial charge is 0.340 e. The molecule has 1 aliphatic heterocycles. The Morgan fingerprint density at radius 2 is 1.88 bits per heavy atom. The summed E-state index contributed by atoms with van der Waals surface area (Å²) < 4.78 is 6.04. The van der Waals surface area contributed by atoms with Crippen molar-refractivity contribution in [2.45, 2.75) is 59.7 Å². The van der Waals surface area contributed by atoms with Gasteiger partial charge in [0.25, 0.3) is 0 Å². The summed E-state index contributed by atoms with van der Waals surface area (Å²) in [5.41, 5.74) is 2.94. The van der Waals surface area contributed by atoms with Crippen molar-refractivity contribution >= 4 is 27.6 Å². The van der Waals surface area contributed by atoms with E-state index in [1.165, 1.54) is 0 Å². The maximum atomic E-state index is 12.3. The largest absolute Gasteiger partial charge is 0.461 e. The maximum Gasteiger partial charge on any atom is 0.340 e. The molecule has 1 atom stereocenters. The van der Waals surface area contributed by atoms with E-state index in [1.54, 1.807) is 13.8 Å². The Kier molecular flexibility index (Phi) is 6.26. The highest BCUT2D eigenvalue weighted by Gasteiger charge is 2.31. The summed E-state index contributed by atoms with van der Waals surface area (Å²) in [6, 6.07) is 0. The highest BCUT2D eigenvalue weighted by atomic mass is 79.9. The summed E-state index contributed by atoms with van der Waals surface area (Å²) in [5, 5.41) is 10.6. The molecule has 0 spiro atoms. The van der Waals surface area contributed by atoms with Crippen LogP contribution < -0.4 is 4.90 Å². The molecule has 1 unspecified atom stereocenters. The van der Waals surface area contributed by atoms with Crippen LogP contribution in [0.5, 0.6) is 0 Å². The minimum atomic E-state index is -1.33. The van der Waals surface area contributed by atoms with Crippen LogP contribution in [0.3, 0.4) is 0 Å². The molecule has 1 aromatic rings. The van der Waals surface area contributed by atoms with Crippen molar-refractivity contribution in [3.63, 3.8) is 0 Å². The van der Waals surface area contributed by atoms with Gasteiger partial charge in [0.05, 0.1) is 22.0 Å². The lowest BCUT2D eigenvalue weighted by molar-refractivity contribution is -0.157. The van der Waals surface area contributed by atoms with Gasteiger partial charge in [-0.2, -0.15) is 0 Å². The predicted molar refractivity (Wildman–Crippen MR) is 98.2 cm³/mol. The van der Waals surface area contributed by atoms with E-state index in [2.05, 4.69) is 32.7 Å². The van der Waals surface area contributed by atoms with E-state index in [0.717, 1.165) is 41.8 Å². The summed E-state index contributed by atoms with van der Waals surface area (Å²) in [4.78, 5) is 19.0. The van der Waals surface area contributed by atoms with Gasteiger partial charge in [-0.1, -0.05) is 6.92 Å². The van der Waals surface area contributed by atoms with E-state index in [4.69, 9.17) is 4.74 Å². The Morgan fingerprint density at radius 1 is 1.29 bits per heavy atom. The Morgan fingerprint density at radius 3 is 2.42 bits per heavy atom.